The van der Waals surface area contributed by atoms with E-state index in [2.05, 4.69) is 11.8 Å². The van der Waals surface area contributed by atoms with Gasteiger partial charge in [-0.3, -0.25) is 4.57 Å². The topological polar surface area (TPSA) is 81.7 Å². The number of terminal acetylenes is 2. The molecule has 0 aliphatic heterocycles. The third-order valence-corrected chi connectivity index (χ3v) is 7.33. The molecule has 3 aromatic rings. The maximum absolute atomic E-state index is 12.2. The zero-order valence-corrected chi connectivity index (χ0v) is 25.2. The molecule has 42 heavy (non-hydrogen) atoms. The molecule has 0 radical (unpaired) electrons. The highest BCUT2D eigenvalue weighted by molar-refractivity contribution is 7.33. The van der Waals surface area contributed by atoms with Crippen molar-refractivity contribution in [3.63, 3.8) is 0 Å². The van der Waals surface area contributed by atoms with Crippen molar-refractivity contribution in [2.24, 2.45) is 5.41 Å². The minimum absolute atomic E-state index is 0.0357. The van der Waals surface area contributed by atoms with Crippen LogP contribution in [-0.4, -0.2) is 61.0 Å². The van der Waals surface area contributed by atoms with Crippen LogP contribution in [0.15, 0.2) is 78.9 Å². The smallest absolute Gasteiger partial charge is 0.318 e. The molecule has 0 spiro atoms. The number of methoxy groups -OCH3 is 2. The molecule has 1 atom stereocenters. The molecule has 8 nitrogen and oxygen atoms in total. The highest BCUT2D eigenvalue weighted by Gasteiger charge is 2.42. The normalized spacial score (nSPS) is 12.2. The van der Waals surface area contributed by atoms with E-state index in [-0.39, 0.29) is 39.6 Å². The summed E-state index contributed by atoms with van der Waals surface area (Å²) < 4.78 is 52.3. The molecule has 0 saturated carbocycles. The van der Waals surface area contributed by atoms with Crippen LogP contribution >= 0.6 is 8.25 Å². The van der Waals surface area contributed by atoms with Crippen molar-refractivity contribution in [3.8, 4) is 36.2 Å². The molecular formula is C33H37O8P. The van der Waals surface area contributed by atoms with E-state index in [1.54, 1.807) is 14.2 Å². The maximum atomic E-state index is 12.2. The van der Waals surface area contributed by atoms with Gasteiger partial charge in [0.2, 0.25) is 0 Å². The van der Waals surface area contributed by atoms with Crippen LogP contribution in [0.2, 0.25) is 0 Å². The maximum Gasteiger partial charge on any atom is 0.318 e. The summed E-state index contributed by atoms with van der Waals surface area (Å²) in [5.74, 6) is 6.35. The fraction of sp³-hybridized carbons (Fsp3) is 0.333. The van der Waals surface area contributed by atoms with E-state index in [4.69, 9.17) is 45.6 Å². The van der Waals surface area contributed by atoms with Gasteiger partial charge in [-0.25, -0.2) is 0 Å². The molecular weight excluding hydrogens is 555 g/mol. The van der Waals surface area contributed by atoms with Gasteiger partial charge in [0.05, 0.1) is 46.1 Å². The van der Waals surface area contributed by atoms with Gasteiger partial charge in [0.25, 0.3) is 0 Å². The van der Waals surface area contributed by atoms with Crippen LogP contribution in [0.4, 0.5) is 0 Å². The van der Waals surface area contributed by atoms with Crippen LogP contribution < -0.4 is 9.47 Å². The van der Waals surface area contributed by atoms with Gasteiger partial charge < -0.3 is 32.7 Å². The summed E-state index contributed by atoms with van der Waals surface area (Å²) in [6, 6.07) is 25.2. The Kier molecular flexibility index (Phi) is 13.1. The molecule has 0 saturated heterocycles. The quantitative estimate of drug-likeness (QED) is 0.0847. The summed E-state index contributed by atoms with van der Waals surface area (Å²) in [5.41, 5.74) is 0.471. The first-order valence-corrected chi connectivity index (χ1v) is 14.4. The van der Waals surface area contributed by atoms with Gasteiger partial charge in [0, 0.05) is 7.11 Å². The van der Waals surface area contributed by atoms with Crippen molar-refractivity contribution in [1.82, 2.24) is 0 Å². The highest BCUT2D eigenvalue weighted by atomic mass is 31.1. The lowest BCUT2D eigenvalue weighted by Crippen LogP contribution is -2.45. The predicted molar refractivity (Wildman–Crippen MR) is 162 cm³/mol. The van der Waals surface area contributed by atoms with Gasteiger partial charge in [0.15, 0.2) is 0 Å². The molecule has 9 heteroatoms. The predicted octanol–water partition coefficient (Wildman–Crippen LogP) is 5.35. The Balaban J connectivity index is 2.19. The summed E-state index contributed by atoms with van der Waals surface area (Å²) in [5, 5.41) is 0. The van der Waals surface area contributed by atoms with Crippen LogP contribution in [0, 0.1) is 30.1 Å². The zero-order chi connectivity index (χ0) is 30.3. The standard InChI is InChI=1S/C33H37O8P/c1-6-21-38-23-32(24-39-22-7-2,26-41-42(34)37-5)25-40-33(27-11-9-8-10-12-27,28-13-17-30(35-3)18-14-28)29-15-19-31(36-4)20-16-29/h1-2,8-20,42H,21-26H2,3-5H3. The fourth-order valence-electron chi connectivity index (χ4n) is 4.51. The van der Waals surface area contributed by atoms with Crippen molar-refractivity contribution in [2.75, 3.05) is 61.0 Å². The van der Waals surface area contributed by atoms with E-state index >= 15 is 0 Å². The second-order valence-electron chi connectivity index (χ2n) is 9.43. The molecule has 0 aromatic heterocycles. The van der Waals surface area contributed by atoms with Gasteiger partial charge in [-0.2, -0.15) is 0 Å². The number of hydrogen-bond acceptors (Lipinski definition) is 8. The molecule has 222 valence electrons. The van der Waals surface area contributed by atoms with E-state index < -0.39 is 19.3 Å². The molecule has 3 aromatic carbocycles. The van der Waals surface area contributed by atoms with Crippen molar-refractivity contribution in [1.29, 1.82) is 0 Å². The summed E-state index contributed by atoms with van der Waals surface area (Å²) in [7, 11) is 1.78. The minimum atomic E-state index is -2.77. The molecule has 1 unspecified atom stereocenters. The average Bonchev–Trinajstić information content (AvgIpc) is 3.05. The summed E-state index contributed by atoms with van der Waals surface area (Å²) in [4.78, 5) is 0. The molecule has 0 aliphatic rings. The van der Waals surface area contributed by atoms with Crippen LogP contribution in [0.25, 0.3) is 0 Å². The van der Waals surface area contributed by atoms with Gasteiger partial charge in [0.1, 0.15) is 30.3 Å². The second kappa shape index (κ2) is 16.8. The Morgan fingerprint density at radius 3 is 1.57 bits per heavy atom. The Bertz CT molecular complexity index is 1260. The van der Waals surface area contributed by atoms with Crippen molar-refractivity contribution in [2.45, 2.75) is 5.60 Å². The van der Waals surface area contributed by atoms with Crippen molar-refractivity contribution in [3.05, 3.63) is 95.6 Å². The lowest BCUT2D eigenvalue weighted by molar-refractivity contribution is -0.111. The van der Waals surface area contributed by atoms with E-state index in [1.165, 1.54) is 7.11 Å². The summed E-state index contributed by atoms with van der Waals surface area (Å²) in [6.45, 7) is 0.236. The van der Waals surface area contributed by atoms with Crippen LogP contribution in [0.3, 0.4) is 0 Å². The first kappa shape index (κ1) is 32.9. The average molecular weight is 593 g/mol. The molecule has 0 bridgehead atoms. The Morgan fingerprint density at radius 1 is 0.667 bits per heavy atom. The lowest BCUT2D eigenvalue weighted by atomic mass is 9.79. The number of benzene rings is 3. The zero-order valence-electron chi connectivity index (χ0n) is 24.2. The lowest BCUT2D eigenvalue weighted by Gasteiger charge is -2.40. The fourth-order valence-corrected chi connectivity index (χ4v) is 5.05. The number of ether oxygens (including phenoxy) is 5. The highest BCUT2D eigenvalue weighted by Crippen LogP contribution is 2.43. The summed E-state index contributed by atoms with van der Waals surface area (Å²) >= 11 is 0. The molecule has 0 amide bonds. The van der Waals surface area contributed by atoms with Crippen molar-refractivity contribution >= 4 is 8.25 Å². The van der Waals surface area contributed by atoms with Gasteiger partial charge >= 0.3 is 8.25 Å². The Morgan fingerprint density at radius 2 is 1.14 bits per heavy atom. The minimum Gasteiger partial charge on any atom is -0.497 e. The Hall–Kier alpha value is -3.59. The van der Waals surface area contributed by atoms with Gasteiger partial charge in [-0.05, 0) is 41.0 Å². The van der Waals surface area contributed by atoms with Gasteiger partial charge in [-0.1, -0.05) is 66.4 Å². The summed E-state index contributed by atoms with van der Waals surface area (Å²) in [6.07, 6.45) is 10.9. The number of hydrogen-bond donors (Lipinski definition) is 0. The molecule has 0 heterocycles. The SMILES string of the molecule is C#CCOCC(COCC#C)(CO[PH](=O)OC)COC(c1ccccc1)(c1ccc(OC)cc1)c1ccc(OC)cc1. The van der Waals surface area contributed by atoms with Crippen LogP contribution in [0.1, 0.15) is 16.7 Å². The molecule has 0 fully saturated rings. The first-order chi connectivity index (χ1) is 20.5. The number of rotatable bonds is 18. The van der Waals surface area contributed by atoms with E-state index in [0.717, 1.165) is 16.7 Å². The van der Waals surface area contributed by atoms with E-state index in [0.29, 0.717) is 11.5 Å². The molecule has 0 N–H and O–H groups in total. The van der Waals surface area contributed by atoms with E-state index in [1.807, 2.05) is 78.9 Å². The van der Waals surface area contributed by atoms with Crippen LogP contribution in [0.5, 0.6) is 11.5 Å². The van der Waals surface area contributed by atoms with Crippen LogP contribution in [-0.2, 0) is 33.4 Å². The third kappa shape index (κ3) is 8.47. The van der Waals surface area contributed by atoms with Gasteiger partial charge in [-0.15, -0.1) is 12.8 Å². The monoisotopic (exact) mass is 592 g/mol. The molecule has 3 rings (SSSR count). The largest absolute Gasteiger partial charge is 0.497 e. The third-order valence-electron chi connectivity index (χ3n) is 6.62. The van der Waals surface area contributed by atoms with E-state index in [9.17, 15) is 4.57 Å². The molecule has 0 aliphatic carbocycles. The Labute approximate surface area is 249 Å². The van der Waals surface area contributed by atoms with Crippen molar-refractivity contribution < 1.29 is 37.3 Å². The second-order valence-corrected chi connectivity index (χ2v) is 10.6. The first-order valence-electron chi connectivity index (χ1n) is 13.2.